The van der Waals surface area contributed by atoms with Gasteiger partial charge in [-0.05, 0) is 74.0 Å². The molecule has 0 heterocycles. The maximum absolute atomic E-state index is 12.4. The fourth-order valence-corrected chi connectivity index (χ4v) is 6.60. The predicted octanol–water partition coefficient (Wildman–Crippen LogP) is 4.76. The molecular weight excluding hydrogens is 244 g/mol. The maximum Gasteiger partial charge on any atom is 0.139 e. The van der Waals surface area contributed by atoms with Crippen molar-refractivity contribution in [1.82, 2.24) is 0 Å². The molecule has 4 aliphatic carbocycles. The van der Waals surface area contributed by atoms with Gasteiger partial charge in [-0.3, -0.25) is 4.79 Å². The number of allylic oxidation sites excluding steroid dienone is 2. The van der Waals surface area contributed by atoms with Crippen LogP contribution in [0, 0.1) is 34.5 Å². The lowest BCUT2D eigenvalue weighted by Crippen LogP contribution is -2.52. The van der Waals surface area contributed by atoms with E-state index in [0.717, 1.165) is 24.2 Å². The second-order valence-corrected chi connectivity index (χ2v) is 8.45. The largest absolute Gasteiger partial charge is 0.299 e. The first-order valence-corrected chi connectivity index (χ1v) is 8.76. The van der Waals surface area contributed by atoms with Crippen LogP contribution in [-0.2, 0) is 4.79 Å². The van der Waals surface area contributed by atoms with Gasteiger partial charge in [0.1, 0.15) is 5.78 Å². The van der Waals surface area contributed by atoms with Crippen LogP contribution in [0.3, 0.4) is 0 Å². The highest BCUT2D eigenvalue weighted by Gasteiger charge is 2.59. The number of ketones is 1. The molecule has 0 radical (unpaired) electrons. The third-order valence-corrected chi connectivity index (χ3v) is 7.87. The summed E-state index contributed by atoms with van der Waals surface area (Å²) in [5, 5.41) is 0. The van der Waals surface area contributed by atoms with Crippen LogP contribution in [0.25, 0.3) is 0 Å². The molecule has 110 valence electrons. The highest BCUT2D eigenvalue weighted by atomic mass is 16.1. The van der Waals surface area contributed by atoms with Crippen LogP contribution in [-0.4, -0.2) is 5.78 Å². The summed E-state index contributed by atoms with van der Waals surface area (Å²) in [6.07, 6.45) is 14.9. The lowest BCUT2D eigenvalue weighted by molar-refractivity contribution is -0.135. The van der Waals surface area contributed by atoms with E-state index in [9.17, 15) is 4.79 Å². The molecule has 6 atom stereocenters. The normalized spacial score (nSPS) is 54.2. The minimum absolute atomic E-state index is 0.0505. The quantitative estimate of drug-likeness (QED) is 0.581. The Morgan fingerprint density at radius 2 is 1.90 bits per heavy atom. The van der Waals surface area contributed by atoms with E-state index in [2.05, 4.69) is 26.0 Å². The smallest absolute Gasteiger partial charge is 0.139 e. The van der Waals surface area contributed by atoms with Gasteiger partial charge >= 0.3 is 0 Å². The van der Waals surface area contributed by atoms with E-state index in [1.807, 2.05) is 0 Å². The molecule has 1 nitrogen and oxygen atoms in total. The van der Waals surface area contributed by atoms with Crippen LogP contribution in [0.2, 0.25) is 0 Å². The fraction of sp³-hybridized carbons (Fsp3) is 0.842. The average molecular weight is 272 g/mol. The molecule has 0 aliphatic heterocycles. The van der Waals surface area contributed by atoms with Crippen LogP contribution >= 0.6 is 0 Å². The van der Waals surface area contributed by atoms with Crippen LogP contribution in [0.4, 0.5) is 0 Å². The summed E-state index contributed by atoms with van der Waals surface area (Å²) in [6, 6.07) is 0. The standard InChI is InChI=1S/C19H28O/c1-18-11-4-3-5-13(18)6-7-14-15-8-9-17(20)19(15,2)12-10-16(14)18/h3,5,13-16H,4,6-12H2,1-2H3/t13?,14-,15-,16?,18-,19-/m0/s1. The number of hydrogen-bond acceptors (Lipinski definition) is 1. The van der Waals surface area contributed by atoms with Crippen LogP contribution in [0.1, 0.15) is 65.2 Å². The molecule has 3 fully saturated rings. The van der Waals surface area contributed by atoms with Crippen LogP contribution in [0.15, 0.2) is 12.2 Å². The highest BCUT2D eigenvalue weighted by molar-refractivity contribution is 5.87. The number of carbonyl (C=O) groups excluding carboxylic acids is 1. The zero-order valence-electron chi connectivity index (χ0n) is 13.0. The first-order valence-electron chi connectivity index (χ1n) is 8.76. The zero-order chi connectivity index (χ0) is 14.0. The Kier molecular flexibility index (Phi) is 2.76. The molecule has 0 amide bonds. The Hall–Kier alpha value is -0.590. The average Bonchev–Trinajstić information content (AvgIpc) is 2.74. The Bertz CT molecular complexity index is 464. The molecule has 20 heavy (non-hydrogen) atoms. The van der Waals surface area contributed by atoms with E-state index in [0.29, 0.717) is 17.1 Å². The first-order chi connectivity index (χ1) is 9.56. The van der Waals surface area contributed by atoms with E-state index in [1.54, 1.807) is 0 Å². The van der Waals surface area contributed by atoms with Crippen molar-refractivity contribution in [2.75, 3.05) is 0 Å². The molecule has 4 aliphatic rings. The molecule has 3 saturated carbocycles. The summed E-state index contributed by atoms with van der Waals surface area (Å²) in [7, 11) is 0. The number of hydrogen-bond donors (Lipinski definition) is 0. The summed E-state index contributed by atoms with van der Waals surface area (Å²) in [4.78, 5) is 12.4. The van der Waals surface area contributed by atoms with Gasteiger partial charge in [-0.25, -0.2) is 0 Å². The SMILES string of the molecule is C[C@]12CCC=CC1CC[C@@H]1C2CC[C@]2(C)C(=O)CC[C@@H]12. The van der Waals surface area contributed by atoms with Gasteiger partial charge in [-0.15, -0.1) is 0 Å². The Labute approximate surface area is 123 Å². The zero-order valence-corrected chi connectivity index (χ0v) is 13.0. The summed E-state index contributed by atoms with van der Waals surface area (Å²) in [5.74, 6) is 3.83. The van der Waals surface area contributed by atoms with E-state index in [4.69, 9.17) is 0 Å². The monoisotopic (exact) mass is 272 g/mol. The van der Waals surface area contributed by atoms with Gasteiger partial charge in [0.25, 0.3) is 0 Å². The number of carbonyl (C=O) groups is 1. The summed E-state index contributed by atoms with van der Waals surface area (Å²) in [6.45, 7) is 4.86. The van der Waals surface area contributed by atoms with Crippen molar-refractivity contribution in [1.29, 1.82) is 0 Å². The first kappa shape index (κ1) is 13.1. The lowest BCUT2D eigenvalue weighted by Gasteiger charge is -2.58. The number of Topliss-reactive ketones (excluding diaryl/α,β-unsaturated/α-hetero) is 1. The molecule has 0 aromatic rings. The maximum atomic E-state index is 12.4. The number of fused-ring (bicyclic) bond motifs is 5. The van der Waals surface area contributed by atoms with Gasteiger partial charge in [0.2, 0.25) is 0 Å². The second kappa shape index (κ2) is 4.21. The van der Waals surface area contributed by atoms with Crippen molar-refractivity contribution < 1.29 is 4.79 Å². The van der Waals surface area contributed by atoms with Crippen molar-refractivity contribution in [3.05, 3.63) is 12.2 Å². The topological polar surface area (TPSA) is 17.1 Å². The molecule has 0 bridgehead atoms. The molecule has 0 aromatic heterocycles. The van der Waals surface area contributed by atoms with Crippen molar-refractivity contribution in [2.45, 2.75) is 65.2 Å². The van der Waals surface area contributed by atoms with Crippen molar-refractivity contribution in [3.8, 4) is 0 Å². The van der Waals surface area contributed by atoms with E-state index >= 15 is 0 Å². The molecule has 2 unspecified atom stereocenters. The van der Waals surface area contributed by atoms with Gasteiger partial charge in [0.05, 0.1) is 0 Å². The minimum Gasteiger partial charge on any atom is -0.299 e. The molecule has 0 spiro atoms. The summed E-state index contributed by atoms with van der Waals surface area (Å²) >= 11 is 0. The van der Waals surface area contributed by atoms with Gasteiger partial charge in [-0.2, -0.15) is 0 Å². The predicted molar refractivity (Wildman–Crippen MR) is 81.3 cm³/mol. The van der Waals surface area contributed by atoms with Gasteiger partial charge in [-0.1, -0.05) is 26.0 Å². The molecule has 4 rings (SSSR count). The molecule has 0 N–H and O–H groups in total. The van der Waals surface area contributed by atoms with Crippen LogP contribution in [0.5, 0.6) is 0 Å². The summed E-state index contributed by atoms with van der Waals surface area (Å²) < 4.78 is 0. The van der Waals surface area contributed by atoms with Gasteiger partial charge in [0.15, 0.2) is 0 Å². The second-order valence-electron chi connectivity index (χ2n) is 8.45. The minimum atomic E-state index is 0.0505. The van der Waals surface area contributed by atoms with E-state index < -0.39 is 0 Å². The molecule has 1 heteroatoms. The van der Waals surface area contributed by atoms with Crippen LogP contribution < -0.4 is 0 Å². The fourth-order valence-electron chi connectivity index (χ4n) is 6.60. The lowest BCUT2D eigenvalue weighted by atomic mass is 9.46. The van der Waals surface area contributed by atoms with Gasteiger partial charge < -0.3 is 0 Å². The molecule has 0 aromatic carbocycles. The molecule has 0 saturated heterocycles. The van der Waals surface area contributed by atoms with E-state index in [1.165, 1.54) is 44.9 Å². The van der Waals surface area contributed by atoms with Crippen molar-refractivity contribution in [3.63, 3.8) is 0 Å². The van der Waals surface area contributed by atoms with Crippen molar-refractivity contribution in [2.24, 2.45) is 34.5 Å². The Morgan fingerprint density at radius 1 is 1.05 bits per heavy atom. The highest BCUT2D eigenvalue weighted by Crippen LogP contribution is 2.64. The van der Waals surface area contributed by atoms with Crippen molar-refractivity contribution >= 4 is 5.78 Å². The molecular formula is C19H28O. The third-order valence-electron chi connectivity index (χ3n) is 7.87. The third kappa shape index (κ3) is 1.53. The Balaban J connectivity index is 1.68. The Morgan fingerprint density at radius 3 is 2.75 bits per heavy atom. The van der Waals surface area contributed by atoms with E-state index in [-0.39, 0.29) is 5.41 Å². The number of rotatable bonds is 0. The summed E-state index contributed by atoms with van der Waals surface area (Å²) in [5.41, 5.74) is 0.583. The van der Waals surface area contributed by atoms with Gasteiger partial charge in [0, 0.05) is 11.8 Å².